The summed E-state index contributed by atoms with van der Waals surface area (Å²) >= 11 is 0. The van der Waals surface area contributed by atoms with Crippen molar-refractivity contribution in [1.29, 1.82) is 0 Å². The van der Waals surface area contributed by atoms with Crippen LogP contribution in [0.4, 0.5) is 18.9 Å². The van der Waals surface area contributed by atoms with Crippen molar-refractivity contribution >= 4 is 5.69 Å². The van der Waals surface area contributed by atoms with Crippen molar-refractivity contribution in [2.24, 2.45) is 0 Å². The molecule has 0 atom stereocenters. The molecule has 0 aliphatic carbocycles. The Morgan fingerprint density at radius 3 is 2.40 bits per heavy atom. The van der Waals surface area contributed by atoms with E-state index in [1.54, 1.807) is 0 Å². The summed E-state index contributed by atoms with van der Waals surface area (Å²) in [5.41, 5.74) is 5.40. The molecule has 1 aliphatic heterocycles. The molecule has 0 fully saturated rings. The number of rotatable bonds is 1. The first-order valence-electron chi connectivity index (χ1n) is 5.77. The van der Waals surface area contributed by atoms with Gasteiger partial charge in [0, 0.05) is 18.3 Å². The van der Waals surface area contributed by atoms with E-state index in [9.17, 15) is 13.2 Å². The third-order valence-electron chi connectivity index (χ3n) is 2.82. The number of fused-ring (bicyclic) bond motifs is 1. The molecule has 1 aromatic carbocycles. The van der Waals surface area contributed by atoms with Crippen LogP contribution in [-0.2, 0) is 6.18 Å². The molecular weight excluding hydrogens is 275 g/mol. The van der Waals surface area contributed by atoms with Crippen LogP contribution in [0.15, 0.2) is 24.4 Å². The van der Waals surface area contributed by atoms with Gasteiger partial charge < -0.3 is 15.2 Å². The minimum Gasteiger partial charge on any atom is -0.486 e. The maximum absolute atomic E-state index is 12.5. The number of hydrogen-bond acceptors (Lipinski definition) is 4. The van der Waals surface area contributed by atoms with Gasteiger partial charge in [-0.25, -0.2) is 4.68 Å². The van der Waals surface area contributed by atoms with Gasteiger partial charge in [-0.15, -0.1) is 0 Å². The zero-order chi connectivity index (χ0) is 14.3. The largest absolute Gasteiger partial charge is 0.486 e. The summed E-state index contributed by atoms with van der Waals surface area (Å²) in [6, 6.07) is 3.91. The van der Waals surface area contributed by atoms with Crippen molar-refractivity contribution in [2.75, 3.05) is 18.9 Å². The van der Waals surface area contributed by atoms with E-state index in [-0.39, 0.29) is 5.69 Å². The summed E-state index contributed by atoms with van der Waals surface area (Å²) in [6.07, 6.45) is -3.29. The molecule has 0 amide bonds. The number of aromatic nitrogens is 2. The van der Waals surface area contributed by atoms with Crippen LogP contribution in [-0.4, -0.2) is 23.0 Å². The molecule has 2 N–H and O–H groups in total. The number of nitrogen functional groups attached to an aromatic ring is 1. The Morgan fingerprint density at radius 2 is 1.80 bits per heavy atom. The van der Waals surface area contributed by atoms with E-state index in [0.29, 0.717) is 30.4 Å². The molecule has 8 heteroatoms. The average molecular weight is 285 g/mol. The number of nitrogens with two attached hydrogens (primary N) is 1. The summed E-state index contributed by atoms with van der Waals surface area (Å²) < 4.78 is 49.4. The van der Waals surface area contributed by atoms with E-state index in [0.717, 1.165) is 10.7 Å². The first-order chi connectivity index (χ1) is 9.45. The Morgan fingerprint density at radius 1 is 1.15 bits per heavy atom. The molecule has 20 heavy (non-hydrogen) atoms. The number of benzene rings is 1. The van der Waals surface area contributed by atoms with Crippen molar-refractivity contribution in [3.63, 3.8) is 0 Å². The molecule has 1 aliphatic rings. The average Bonchev–Trinajstić information content (AvgIpc) is 2.87. The Balaban J connectivity index is 2.04. The van der Waals surface area contributed by atoms with Crippen LogP contribution in [0.2, 0.25) is 0 Å². The highest BCUT2D eigenvalue weighted by Gasteiger charge is 2.33. The van der Waals surface area contributed by atoms with Gasteiger partial charge in [0.2, 0.25) is 0 Å². The summed E-state index contributed by atoms with van der Waals surface area (Å²) in [4.78, 5) is 0. The van der Waals surface area contributed by atoms with Crippen LogP contribution >= 0.6 is 0 Å². The van der Waals surface area contributed by atoms with Crippen molar-refractivity contribution in [2.45, 2.75) is 6.18 Å². The summed E-state index contributed by atoms with van der Waals surface area (Å²) in [7, 11) is 0. The second-order valence-corrected chi connectivity index (χ2v) is 4.20. The van der Waals surface area contributed by atoms with Gasteiger partial charge in [0.25, 0.3) is 0 Å². The van der Waals surface area contributed by atoms with Crippen molar-refractivity contribution in [1.82, 2.24) is 9.78 Å². The zero-order valence-electron chi connectivity index (χ0n) is 10.1. The first-order valence-corrected chi connectivity index (χ1v) is 5.77. The number of nitrogens with zero attached hydrogens (tertiary/aromatic N) is 2. The van der Waals surface area contributed by atoms with Crippen LogP contribution in [0.5, 0.6) is 11.5 Å². The molecule has 5 nitrogen and oxygen atoms in total. The fraction of sp³-hybridized carbons (Fsp3) is 0.250. The van der Waals surface area contributed by atoms with Gasteiger partial charge in [0.15, 0.2) is 17.2 Å². The van der Waals surface area contributed by atoms with Gasteiger partial charge in [0.1, 0.15) is 13.2 Å². The van der Waals surface area contributed by atoms with E-state index in [2.05, 4.69) is 5.10 Å². The van der Waals surface area contributed by atoms with Crippen LogP contribution in [0.1, 0.15) is 5.69 Å². The van der Waals surface area contributed by atoms with Gasteiger partial charge in [-0.2, -0.15) is 18.3 Å². The molecular formula is C12H10F3N3O2. The third kappa shape index (κ3) is 2.13. The molecule has 1 aromatic heterocycles. The standard InChI is InChI=1S/C12H10F3N3O2/c13-12(14,15)11-1-2-18(17-11)8-6-10-9(5-7(8)16)19-3-4-20-10/h1-2,5-6H,3-4,16H2. The Bertz CT molecular complexity index is 652. The lowest BCUT2D eigenvalue weighted by atomic mass is 10.2. The van der Waals surface area contributed by atoms with Crippen molar-refractivity contribution < 1.29 is 22.6 Å². The first kappa shape index (κ1) is 12.6. The van der Waals surface area contributed by atoms with Gasteiger partial charge >= 0.3 is 6.18 Å². The number of halogens is 3. The fourth-order valence-corrected chi connectivity index (χ4v) is 1.90. The van der Waals surface area contributed by atoms with E-state index in [1.807, 2.05) is 0 Å². The molecule has 0 unspecified atom stereocenters. The lowest BCUT2D eigenvalue weighted by Crippen LogP contribution is -2.16. The highest BCUT2D eigenvalue weighted by atomic mass is 19.4. The normalized spacial score (nSPS) is 14.3. The van der Waals surface area contributed by atoms with Crippen molar-refractivity contribution in [3.8, 4) is 17.2 Å². The molecule has 2 aromatic rings. The predicted octanol–water partition coefficient (Wildman–Crippen LogP) is 2.24. The smallest absolute Gasteiger partial charge is 0.435 e. The molecule has 106 valence electrons. The van der Waals surface area contributed by atoms with E-state index in [4.69, 9.17) is 15.2 Å². The molecule has 0 radical (unpaired) electrons. The van der Waals surface area contributed by atoms with Gasteiger partial charge in [-0.05, 0) is 6.07 Å². The second kappa shape index (κ2) is 4.32. The van der Waals surface area contributed by atoms with Crippen LogP contribution < -0.4 is 15.2 Å². The molecule has 2 heterocycles. The van der Waals surface area contributed by atoms with E-state index >= 15 is 0 Å². The predicted molar refractivity (Wildman–Crippen MR) is 64.0 cm³/mol. The molecule has 0 saturated carbocycles. The van der Waals surface area contributed by atoms with Gasteiger partial charge in [-0.1, -0.05) is 0 Å². The highest BCUT2D eigenvalue weighted by Crippen LogP contribution is 2.36. The molecule has 0 saturated heterocycles. The molecule has 0 spiro atoms. The Kier molecular flexibility index (Phi) is 2.73. The second-order valence-electron chi connectivity index (χ2n) is 4.20. The van der Waals surface area contributed by atoms with E-state index < -0.39 is 11.9 Å². The topological polar surface area (TPSA) is 62.3 Å². The number of ether oxygens (including phenoxy) is 2. The number of hydrogen-bond donors (Lipinski definition) is 1. The maximum atomic E-state index is 12.5. The van der Waals surface area contributed by atoms with Crippen LogP contribution in [0.25, 0.3) is 5.69 Å². The Labute approximate surface area is 111 Å². The summed E-state index contributed by atoms with van der Waals surface area (Å²) in [5, 5.41) is 3.48. The molecule has 0 bridgehead atoms. The monoisotopic (exact) mass is 285 g/mol. The lowest BCUT2D eigenvalue weighted by Gasteiger charge is -2.20. The van der Waals surface area contributed by atoms with Crippen LogP contribution in [0.3, 0.4) is 0 Å². The summed E-state index contributed by atoms with van der Waals surface area (Å²) in [5.74, 6) is 0.908. The fourth-order valence-electron chi connectivity index (χ4n) is 1.90. The molecule has 3 rings (SSSR count). The minimum atomic E-state index is -4.49. The number of alkyl halides is 3. The highest BCUT2D eigenvalue weighted by molar-refractivity contribution is 5.65. The lowest BCUT2D eigenvalue weighted by molar-refractivity contribution is -0.141. The van der Waals surface area contributed by atoms with Gasteiger partial charge in [0.05, 0.1) is 11.4 Å². The SMILES string of the molecule is Nc1cc2c(cc1-n1ccc(C(F)(F)F)n1)OCCO2. The third-order valence-corrected chi connectivity index (χ3v) is 2.82. The minimum absolute atomic E-state index is 0.256. The Hall–Kier alpha value is -2.38. The van der Waals surface area contributed by atoms with Crippen LogP contribution in [0, 0.1) is 0 Å². The zero-order valence-corrected chi connectivity index (χ0v) is 10.1. The quantitative estimate of drug-likeness (QED) is 0.816. The van der Waals surface area contributed by atoms with Gasteiger partial charge in [-0.3, -0.25) is 0 Å². The van der Waals surface area contributed by atoms with Crippen molar-refractivity contribution in [3.05, 3.63) is 30.1 Å². The maximum Gasteiger partial charge on any atom is 0.435 e. The summed E-state index contributed by atoms with van der Waals surface area (Å²) in [6.45, 7) is 0.787. The van der Waals surface area contributed by atoms with E-state index in [1.165, 1.54) is 18.3 Å². The number of anilines is 1.